The summed E-state index contributed by atoms with van der Waals surface area (Å²) in [7, 11) is -3.99. The lowest BCUT2D eigenvalue weighted by molar-refractivity contribution is -0.121. The van der Waals surface area contributed by atoms with Gasteiger partial charge in [-0.05, 0) is 25.0 Å². The molecule has 1 fully saturated rings. The Kier molecular flexibility index (Phi) is 4.07. The van der Waals surface area contributed by atoms with Crippen LogP contribution in [0.5, 0.6) is 0 Å². The highest BCUT2D eigenvalue weighted by molar-refractivity contribution is 7.89. The molecule has 110 valence electrons. The van der Waals surface area contributed by atoms with Crippen molar-refractivity contribution in [2.75, 3.05) is 6.54 Å². The molecule has 0 radical (unpaired) electrons. The largest absolute Gasteiger partial charge is 0.368 e. The molecule has 0 saturated carbocycles. The van der Waals surface area contributed by atoms with Gasteiger partial charge in [-0.1, -0.05) is 6.07 Å². The van der Waals surface area contributed by atoms with Gasteiger partial charge in [-0.2, -0.15) is 4.31 Å². The van der Waals surface area contributed by atoms with Crippen LogP contribution in [0.15, 0.2) is 23.1 Å². The van der Waals surface area contributed by atoms with Crippen molar-refractivity contribution < 1.29 is 17.6 Å². The first-order chi connectivity index (χ1) is 9.39. The maximum Gasteiger partial charge on any atom is 0.244 e. The van der Waals surface area contributed by atoms with Crippen molar-refractivity contribution in [2.45, 2.75) is 30.3 Å². The third kappa shape index (κ3) is 2.41. The Morgan fingerprint density at radius 2 is 2.15 bits per heavy atom. The third-order valence-corrected chi connectivity index (χ3v) is 5.39. The van der Waals surface area contributed by atoms with Crippen molar-refractivity contribution in [1.29, 1.82) is 0 Å². The minimum atomic E-state index is -3.99. The Morgan fingerprint density at radius 3 is 2.75 bits per heavy atom. The Labute approximate surface area is 116 Å². The molecule has 0 spiro atoms. The van der Waals surface area contributed by atoms with Crippen LogP contribution in [0.25, 0.3) is 0 Å². The quantitative estimate of drug-likeness (QED) is 0.811. The number of halogens is 1. The number of benzene rings is 1. The minimum Gasteiger partial charge on any atom is -0.368 e. The molecule has 4 N–H and O–H groups in total. The zero-order valence-electron chi connectivity index (χ0n) is 10.8. The number of amides is 1. The van der Waals surface area contributed by atoms with Crippen molar-refractivity contribution in [3.63, 3.8) is 0 Å². The van der Waals surface area contributed by atoms with Gasteiger partial charge in [0.05, 0.1) is 4.90 Å². The van der Waals surface area contributed by atoms with Gasteiger partial charge >= 0.3 is 0 Å². The SMILES string of the molecule is NCc1c(F)cccc1S(=O)(=O)N1CCCC1C(N)=O. The van der Waals surface area contributed by atoms with E-state index in [1.807, 2.05) is 0 Å². The normalized spacial score (nSPS) is 20.2. The number of nitrogens with two attached hydrogens (primary N) is 2. The lowest BCUT2D eigenvalue weighted by Crippen LogP contribution is -2.43. The first-order valence-electron chi connectivity index (χ1n) is 6.18. The van der Waals surface area contributed by atoms with Crippen LogP contribution in [0.4, 0.5) is 4.39 Å². The molecule has 1 atom stereocenters. The second-order valence-corrected chi connectivity index (χ2v) is 6.46. The molecule has 1 heterocycles. The fourth-order valence-electron chi connectivity index (χ4n) is 2.42. The summed E-state index contributed by atoms with van der Waals surface area (Å²) in [6.07, 6.45) is 0.919. The molecule has 20 heavy (non-hydrogen) atoms. The van der Waals surface area contributed by atoms with Crippen LogP contribution in [0.1, 0.15) is 18.4 Å². The van der Waals surface area contributed by atoms with Gasteiger partial charge in [0.1, 0.15) is 11.9 Å². The molecule has 1 aromatic carbocycles. The lowest BCUT2D eigenvalue weighted by atomic mass is 10.2. The third-order valence-electron chi connectivity index (χ3n) is 3.40. The molecule has 1 amide bonds. The number of rotatable bonds is 4. The summed E-state index contributed by atoms with van der Waals surface area (Å²) >= 11 is 0. The van der Waals surface area contributed by atoms with Crippen LogP contribution in [0.2, 0.25) is 0 Å². The fourth-order valence-corrected chi connectivity index (χ4v) is 4.33. The molecule has 1 aliphatic heterocycles. The number of nitrogens with zero attached hydrogens (tertiary/aromatic N) is 1. The highest BCUT2D eigenvalue weighted by Gasteiger charge is 2.39. The molecule has 1 unspecified atom stereocenters. The maximum atomic E-state index is 13.7. The highest BCUT2D eigenvalue weighted by Crippen LogP contribution is 2.28. The predicted octanol–water partition coefficient (Wildman–Crippen LogP) is -0.0772. The topological polar surface area (TPSA) is 106 Å². The number of primary amides is 1. The van der Waals surface area contributed by atoms with Crippen molar-refractivity contribution in [1.82, 2.24) is 4.31 Å². The number of carbonyl (C=O) groups excluding carboxylic acids is 1. The van der Waals surface area contributed by atoms with E-state index in [4.69, 9.17) is 11.5 Å². The first kappa shape index (κ1) is 14.9. The van der Waals surface area contributed by atoms with Crippen LogP contribution < -0.4 is 11.5 Å². The fraction of sp³-hybridized carbons (Fsp3) is 0.417. The second kappa shape index (κ2) is 5.47. The number of sulfonamides is 1. The van der Waals surface area contributed by atoms with Crippen molar-refractivity contribution in [2.24, 2.45) is 11.5 Å². The van der Waals surface area contributed by atoms with E-state index in [2.05, 4.69) is 0 Å². The molecule has 2 rings (SSSR count). The molecule has 0 aromatic heterocycles. The minimum absolute atomic E-state index is 0.0809. The van der Waals surface area contributed by atoms with Gasteiger partial charge in [0.2, 0.25) is 15.9 Å². The van der Waals surface area contributed by atoms with Gasteiger partial charge in [0.15, 0.2) is 0 Å². The molecule has 6 nitrogen and oxygen atoms in total. The van der Waals surface area contributed by atoms with Crippen LogP contribution in [0, 0.1) is 5.82 Å². The van der Waals surface area contributed by atoms with Gasteiger partial charge in [0, 0.05) is 18.7 Å². The molecule has 1 aliphatic rings. The molecule has 0 bridgehead atoms. The van der Waals surface area contributed by atoms with Gasteiger partial charge in [-0.3, -0.25) is 4.79 Å². The number of carbonyl (C=O) groups is 1. The van der Waals surface area contributed by atoms with E-state index in [-0.39, 0.29) is 23.5 Å². The summed E-state index contributed by atoms with van der Waals surface area (Å²) in [6.45, 7) is -0.0488. The van der Waals surface area contributed by atoms with Crippen LogP contribution >= 0.6 is 0 Å². The van der Waals surface area contributed by atoms with Crippen molar-refractivity contribution >= 4 is 15.9 Å². The summed E-state index contributed by atoms with van der Waals surface area (Å²) in [5, 5.41) is 0. The van der Waals surface area contributed by atoms with Gasteiger partial charge in [-0.25, -0.2) is 12.8 Å². The van der Waals surface area contributed by atoms with Crippen LogP contribution in [-0.2, 0) is 21.4 Å². The van der Waals surface area contributed by atoms with Gasteiger partial charge < -0.3 is 11.5 Å². The van der Waals surface area contributed by atoms with E-state index in [9.17, 15) is 17.6 Å². The number of hydrogen-bond donors (Lipinski definition) is 2. The Hall–Kier alpha value is -1.51. The average molecular weight is 301 g/mol. The van der Waals surface area contributed by atoms with Gasteiger partial charge in [-0.15, -0.1) is 0 Å². The summed E-state index contributed by atoms with van der Waals surface area (Å²) in [5.74, 6) is -1.37. The summed E-state index contributed by atoms with van der Waals surface area (Å²) in [6, 6.07) is 2.86. The Bertz CT molecular complexity index is 633. The standard InChI is InChI=1S/C12H16FN3O3S/c13-9-3-1-5-11(8(9)7-14)20(18,19)16-6-2-4-10(16)12(15)17/h1,3,5,10H,2,4,6-7,14H2,(H2,15,17). The molecule has 1 aromatic rings. The highest BCUT2D eigenvalue weighted by atomic mass is 32.2. The zero-order chi connectivity index (χ0) is 14.9. The molecular formula is C12H16FN3O3S. The van der Waals surface area contributed by atoms with Crippen molar-refractivity contribution in [3.05, 3.63) is 29.6 Å². The zero-order valence-corrected chi connectivity index (χ0v) is 11.6. The van der Waals surface area contributed by atoms with E-state index >= 15 is 0 Å². The van der Waals surface area contributed by atoms with Crippen LogP contribution in [-0.4, -0.2) is 31.2 Å². The lowest BCUT2D eigenvalue weighted by Gasteiger charge is -2.23. The van der Waals surface area contributed by atoms with E-state index < -0.39 is 27.8 Å². The second-order valence-electron chi connectivity index (χ2n) is 4.60. The summed E-state index contributed by atoms with van der Waals surface area (Å²) in [5.41, 5.74) is 10.6. The number of hydrogen-bond acceptors (Lipinski definition) is 4. The smallest absolute Gasteiger partial charge is 0.244 e. The monoisotopic (exact) mass is 301 g/mol. The summed E-state index contributed by atoms with van der Waals surface area (Å²) < 4.78 is 39.9. The van der Waals surface area contributed by atoms with Crippen LogP contribution in [0.3, 0.4) is 0 Å². The van der Waals surface area contributed by atoms with E-state index in [0.717, 1.165) is 10.4 Å². The molecule has 0 aliphatic carbocycles. The summed E-state index contributed by atoms with van der Waals surface area (Å²) in [4.78, 5) is 11.1. The Balaban J connectivity index is 2.51. The average Bonchev–Trinajstić information content (AvgIpc) is 2.88. The maximum absolute atomic E-state index is 13.7. The molecule has 8 heteroatoms. The van der Waals surface area contributed by atoms with Gasteiger partial charge in [0.25, 0.3) is 0 Å². The predicted molar refractivity (Wildman–Crippen MR) is 70.4 cm³/mol. The van der Waals surface area contributed by atoms with E-state index in [1.165, 1.54) is 12.1 Å². The first-order valence-corrected chi connectivity index (χ1v) is 7.62. The molecule has 1 saturated heterocycles. The van der Waals surface area contributed by atoms with E-state index in [1.54, 1.807) is 0 Å². The van der Waals surface area contributed by atoms with E-state index in [0.29, 0.717) is 12.8 Å². The molecular weight excluding hydrogens is 285 g/mol. The Morgan fingerprint density at radius 1 is 1.45 bits per heavy atom. The van der Waals surface area contributed by atoms with Crippen molar-refractivity contribution in [3.8, 4) is 0 Å².